The molecule has 0 aliphatic heterocycles. The number of nitrogens with one attached hydrogen (secondary N) is 1. The van der Waals surface area contributed by atoms with E-state index in [-0.39, 0.29) is 12.3 Å². The quantitative estimate of drug-likeness (QED) is 0.452. The highest BCUT2D eigenvalue weighted by Gasteiger charge is 2.04. The zero-order chi connectivity index (χ0) is 11.3. The van der Waals surface area contributed by atoms with Crippen LogP contribution in [0.2, 0.25) is 0 Å². The van der Waals surface area contributed by atoms with Crippen LogP contribution in [0.4, 0.5) is 5.69 Å². The van der Waals surface area contributed by atoms with Gasteiger partial charge in [-0.2, -0.15) is 0 Å². The van der Waals surface area contributed by atoms with Gasteiger partial charge in [-0.05, 0) is 31.0 Å². The predicted octanol–water partition coefficient (Wildman–Crippen LogP) is 2.09. The van der Waals surface area contributed by atoms with E-state index in [1.54, 1.807) is 0 Å². The largest absolute Gasteiger partial charge is 0.411 e. The van der Waals surface area contributed by atoms with Crippen LogP contribution in [0.5, 0.6) is 0 Å². The molecule has 1 amide bonds. The fourth-order valence-corrected chi connectivity index (χ4v) is 1.21. The summed E-state index contributed by atoms with van der Waals surface area (Å²) in [5.74, 6) is -0.193. The number of amides is 1. The summed E-state index contributed by atoms with van der Waals surface area (Å²) in [6.45, 7) is 3.94. The van der Waals surface area contributed by atoms with E-state index in [0.717, 1.165) is 23.0 Å². The Hall–Kier alpha value is -1.84. The Labute approximate surface area is 88.6 Å². The summed E-state index contributed by atoms with van der Waals surface area (Å²) in [7, 11) is 0. The molecule has 0 aliphatic carbocycles. The minimum absolute atomic E-state index is 0.0733. The van der Waals surface area contributed by atoms with E-state index in [1.807, 2.05) is 32.0 Å². The lowest BCUT2D eigenvalue weighted by Crippen LogP contribution is -2.12. The number of hydrogen-bond donors (Lipinski definition) is 2. The van der Waals surface area contributed by atoms with Gasteiger partial charge < -0.3 is 10.5 Å². The van der Waals surface area contributed by atoms with E-state index in [2.05, 4.69) is 10.5 Å². The lowest BCUT2D eigenvalue weighted by Gasteiger charge is -2.08. The molecule has 2 N–H and O–H groups in total. The third kappa shape index (κ3) is 3.09. The van der Waals surface area contributed by atoms with Gasteiger partial charge in [-0.25, -0.2) is 0 Å². The Bertz CT molecular complexity index is 386. The highest BCUT2D eigenvalue weighted by atomic mass is 16.4. The second-order valence-corrected chi connectivity index (χ2v) is 3.30. The van der Waals surface area contributed by atoms with Crippen LogP contribution in [0, 0.1) is 13.8 Å². The van der Waals surface area contributed by atoms with E-state index in [0.29, 0.717) is 0 Å². The molecule has 0 aliphatic rings. The zero-order valence-electron chi connectivity index (χ0n) is 8.82. The van der Waals surface area contributed by atoms with Crippen molar-refractivity contribution in [3.05, 3.63) is 29.3 Å². The summed E-state index contributed by atoms with van der Waals surface area (Å²) < 4.78 is 0. The van der Waals surface area contributed by atoms with Gasteiger partial charge in [0, 0.05) is 5.69 Å². The van der Waals surface area contributed by atoms with Crippen molar-refractivity contribution in [2.45, 2.75) is 20.3 Å². The van der Waals surface area contributed by atoms with Crippen LogP contribution in [0.3, 0.4) is 0 Å². The highest BCUT2D eigenvalue weighted by Crippen LogP contribution is 2.17. The molecular weight excluding hydrogens is 192 g/mol. The van der Waals surface area contributed by atoms with Gasteiger partial charge in [0.2, 0.25) is 5.91 Å². The van der Waals surface area contributed by atoms with Crippen molar-refractivity contribution >= 4 is 17.8 Å². The minimum Gasteiger partial charge on any atom is -0.411 e. The number of carbonyl (C=O) groups excluding carboxylic acids is 1. The SMILES string of the molecule is Cc1cccc(NC(=O)C/C=N/O)c1C. The number of benzene rings is 1. The molecule has 80 valence electrons. The normalized spacial score (nSPS) is 10.5. The topological polar surface area (TPSA) is 61.7 Å². The number of anilines is 1. The van der Waals surface area contributed by atoms with Gasteiger partial charge >= 0.3 is 0 Å². The average Bonchev–Trinajstić information content (AvgIpc) is 2.22. The molecule has 0 saturated heterocycles. The summed E-state index contributed by atoms with van der Waals surface area (Å²) in [6.07, 6.45) is 1.23. The van der Waals surface area contributed by atoms with Crippen molar-refractivity contribution in [2.75, 3.05) is 5.32 Å². The summed E-state index contributed by atoms with van der Waals surface area (Å²) >= 11 is 0. The molecule has 0 fully saturated rings. The van der Waals surface area contributed by atoms with Crippen molar-refractivity contribution in [1.29, 1.82) is 0 Å². The first-order valence-corrected chi connectivity index (χ1v) is 4.67. The van der Waals surface area contributed by atoms with Gasteiger partial charge in [-0.3, -0.25) is 4.79 Å². The monoisotopic (exact) mass is 206 g/mol. The molecule has 0 atom stereocenters. The number of rotatable bonds is 3. The highest BCUT2D eigenvalue weighted by molar-refractivity contribution is 5.99. The molecule has 0 aromatic heterocycles. The molecule has 0 unspecified atom stereocenters. The van der Waals surface area contributed by atoms with Crippen molar-refractivity contribution < 1.29 is 10.0 Å². The number of oxime groups is 1. The molecular formula is C11H14N2O2. The van der Waals surface area contributed by atoms with Crippen molar-refractivity contribution in [2.24, 2.45) is 5.16 Å². The van der Waals surface area contributed by atoms with Gasteiger partial charge in [0.1, 0.15) is 0 Å². The minimum atomic E-state index is -0.193. The lowest BCUT2D eigenvalue weighted by molar-refractivity contribution is -0.115. The molecule has 1 aromatic rings. The maximum Gasteiger partial charge on any atom is 0.229 e. The number of carbonyl (C=O) groups is 1. The van der Waals surface area contributed by atoms with Crippen LogP contribution in [-0.4, -0.2) is 17.3 Å². The fourth-order valence-electron chi connectivity index (χ4n) is 1.21. The molecule has 0 bridgehead atoms. The smallest absolute Gasteiger partial charge is 0.229 e. The predicted molar refractivity (Wildman–Crippen MR) is 59.4 cm³/mol. The van der Waals surface area contributed by atoms with E-state index in [1.165, 1.54) is 0 Å². The van der Waals surface area contributed by atoms with E-state index >= 15 is 0 Å². The standard InChI is InChI=1S/C11H14N2O2/c1-8-4-3-5-10(9(8)2)13-11(14)6-7-12-15/h3-5,7,15H,6H2,1-2H3,(H,13,14)/b12-7+. The second-order valence-electron chi connectivity index (χ2n) is 3.30. The van der Waals surface area contributed by atoms with Gasteiger partial charge in [0.05, 0.1) is 12.6 Å². The van der Waals surface area contributed by atoms with Gasteiger partial charge in [-0.1, -0.05) is 12.1 Å². The molecule has 1 aromatic carbocycles. The van der Waals surface area contributed by atoms with Crippen molar-refractivity contribution in [3.63, 3.8) is 0 Å². The molecule has 1 rings (SSSR count). The molecule has 4 heteroatoms. The Morgan fingerprint density at radius 1 is 1.53 bits per heavy atom. The molecule has 15 heavy (non-hydrogen) atoms. The van der Waals surface area contributed by atoms with Crippen LogP contribution in [0.25, 0.3) is 0 Å². The molecule has 0 heterocycles. The average molecular weight is 206 g/mol. The van der Waals surface area contributed by atoms with Crippen LogP contribution in [-0.2, 0) is 4.79 Å². The van der Waals surface area contributed by atoms with Gasteiger partial charge in [0.25, 0.3) is 0 Å². The number of hydrogen-bond acceptors (Lipinski definition) is 3. The Morgan fingerprint density at radius 3 is 2.93 bits per heavy atom. The van der Waals surface area contributed by atoms with Gasteiger partial charge in [0.15, 0.2) is 0 Å². The van der Waals surface area contributed by atoms with Gasteiger partial charge in [-0.15, -0.1) is 5.16 Å². The Kier molecular flexibility index (Phi) is 3.85. The van der Waals surface area contributed by atoms with Crippen LogP contribution < -0.4 is 5.32 Å². The number of aryl methyl sites for hydroxylation is 1. The molecule has 0 saturated carbocycles. The van der Waals surface area contributed by atoms with Crippen LogP contribution in [0.15, 0.2) is 23.4 Å². The Balaban J connectivity index is 2.72. The maximum atomic E-state index is 11.3. The molecule has 4 nitrogen and oxygen atoms in total. The van der Waals surface area contributed by atoms with Crippen molar-refractivity contribution in [1.82, 2.24) is 0 Å². The second kappa shape index (κ2) is 5.14. The summed E-state index contributed by atoms with van der Waals surface area (Å²) in [5.41, 5.74) is 2.97. The van der Waals surface area contributed by atoms with E-state index < -0.39 is 0 Å². The first-order chi connectivity index (χ1) is 7.15. The third-order valence-corrected chi connectivity index (χ3v) is 2.24. The lowest BCUT2D eigenvalue weighted by atomic mass is 10.1. The zero-order valence-corrected chi connectivity index (χ0v) is 8.82. The number of nitrogens with zero attached hydrogens (tertiary/aromatic N) is 1. The third-order valence-electron chi connectivity index (χ3n) is 2.24. The summed E-state index contributed by atoms with van der Waals surface area (Å²) in [4.78, 5) is 11.3. The van der Waals surface area contributed by atoms with Crippen LogP contribution >= 0.6 is 0 Å². The summed E-state index contributed by atoms with van der Waals surface area (Å²) in [6, 6.07) is 5.72. The summed E-state index contributed by atoms with van der Waals surface area (Å²) in [5, 5.41) is 13.7. The molecule has 0 spiro atoms. The first-order valence-electron chi connectivity index (χ1n) is 4.67. The van der Waals surface area contributed by atoms with E-state index in [4.69, 9.17) is 5.21 Å². The first kappa shape index (κ1) is 11.2. The van der Waals surface area contributed by atoms with Crippen molar-refractivity contribution in [3.8, 4) is 0 Å². The maximum absolute atomic E-state index is 11.3. The molecule has 0 radical (unpaired) electrons. The van der Waals surface area contributed by atoms with Crippen LogP contribution in [0.1, 0.15) is 17.5 Å². The van der Waals surface area contributed by atoms with E-state index in [9.17, 15) is 4.79 Å². The Morgan fingerprint density at radius 2 is 2.27 bits per heavy atom. The fraction of sp³-hybridized carbons (Fsp3) is 0.273.